The highest BCUT2D eigenvalue weighted by molar-refractivity contribution is 5.69. The molecule has 2 atom stereocenters. The molecule has 0 aliphatic carbocycles. The molecule has 2 unspecified atom stereocenters. The van der Waals surface area contributed by atoms with Crippen LogP contribution in [0.5, 0.6) is 0 Å². The third-order valence-corrected chi connectivity index (χ3v) is 5.19. The van der Waals surface area contributed by atoms with Crippen molar-refractivity contribution in [1.29, 1.82) is 0 Å². The van der Waals surface area contributed by atoms with E-state index in [1.807, 2.05) is 67.6 Å². The zero-order valence-corrected chi connectivity index (χ0v) is 17.7. The number of aromatic nitrogens is 1. The Morgan fingerprint density at radius 3 is 2.32 bits per heavy atom. The summed E-state index contributed by atoms with van der Waals surface area (Å²) in [5, 5.41) is 0. The lowest BCUT2D eigenvalue weighted by Crippen LogP contribution is -2.43. The molecule has 1 amide bonds. The average molecular weight is 419 g/mol. The van der Waals surface area contributed by atoms with Gasteiger partial charge in [-0.15, -0.1) is 6.58 Å². The number of ether oxygens (including phenoxy) is 1. The van der Waals surface area contributed by atoms with Crippen molar-refractivity contribution >= 4 is 6.09 Å². The van der Waals surface area contributed by atoms with Crippen molar-refractivity contribution in [3.05, 3.63) is 103 Å². The van der Waals surface area contributed by atoms with Crippen LogP contribution in [0.15, 0.2) is 91.8 Å². The number of benzene rings is 2. The molecule has 4 rings (SSSR count). The van der Waals surface area contributed by atoms with Crippen LogP contribution >= 0.6 is 0 Å². The number of halogens is 1. The molecule has 1 aromatic heterocycles. The zero-order valence-electron chi connectivity index (χ0n) is 17.7. The number of carbonyl (C=O) groups excluding carboxylic acids is 1. The quantitative estimate of drug-likeness (QED) is 0.449. The van der Waals surface area contributed by atoms with Gasteiger partial charge in [-0.3, -0.25) is 4.98 Å². The van der Waals surface area contributed by atoms with Crippen molar-refractivity contribution in [3.63, 3.8) is 0 Å². The first kappa shape index (κ1) is 22.2. The molecular weight excluding hydrogens is 391 g/mol. The van der Waals surface area contributed by atoms with Gasteiger partial charge in [0.1, 0.15) is 11.9 Å². The minimum atomic E-state index is -0.361. The predicted octanol–water partition coefficient (Wildman–Crippen LogP) is 6.42. The van der Waals surface area contributed by atoms with Gasteiger partial charge in [-0.05, 0) is 24.1 Å². The Hall–Kier alpha value is -3.47. The summed E-state index contributed by atoms with van der Waals surface area (Å²) in [4.78, 5) is 17.8. The van der Waals surface area contributed by atoms with Crippen molar-refractivity contribution in [2.75, 3.05) is 6.54 Å². The fraction of sp³-hybridized carbons (Fsp3) is 0.231. The Kier molecular flexibility index (Phi) is 7.93. The Morgan fingerprint density at radius 1 is 1.13 bits per heavy atom. The van der Waals surface area contributed by atoms with Gasteiger partial charge in [-0.25, -0.2) is 9.18 Å². The maximum atomic E-state index is 13.3. The van der Waals surface area contributed by atoms with Crippen molar-refractivity contribution in [1.82, 2.24) is 9.88 Å². The highest BCUT2D eigenvalue weighted by atomic mass is 19.1. The van der Waals surface area contributed by atoms with Crippen molar-refractivity contribution in [2.45, 2.75) is 31.9 Å². The second kappa shape index (κ2) is 11.1. The molecule has 1 aliphatic heterocycles. The second-order valence-electron chi connectivity index (χ2n) is 7.36. The lowest BCUT2D eigenvalue weighted by atomic mass is 10.0. The van der Waals surface area contributed by atoms with Crippen LogP contribution in [0, 0.1) is 5.82 Å². The number of cyclic esters (lactones) is 1. The zero-order chi connectivity index (χ0) is 22.1. The van der Waals surface area contributed by atoms with E-state index in [4.69, 9.17) is 4.74 Å². The minimum Gasteiger partial charge on any atom is -0.446 e. The molecule has 3 aromatic rings. The number of hydrogen-bond donors (Lipinski definition) is 0. The van der Waals surface area contributed by atoms with E-state index < -0.39 is 0 Å². The first-order valence-electron chi connectivity index (χ1n) is 10.4. The number of pyridine rings is 1. The Morgan fingerprint density at radius 2 is 1.77 bits per heavy atom. The largest absolute Gasteiger partial charge is 0.446 e. The van der Waals surface area contributed by atoms with Gasteiger partial charge in [0.25, 0.3) is 0 Å². The van der Waals surface area contributed by atoms with Gasteiger partial charge in [0, 0.05) is 31.1 Å². The number of nitrogens with zero attached hydrogens (tertiary/aromatic N) is 2. The summed E-state index contributed by atoms with van der Waals surface area (Å²) in [6.07, 6.45) is 5.71. The third kappa shape index (κ3) is 6.25. The molecular formula is C26H27FN2O2. The Labute approximate surface area is 183 Å². The van der Waals surface area contributed by atoms with Crippen LogP contribution in [0.3, 0.4) is 0 Å². The fourth-order valence-electron chi connectivity index (χ4n) is 3.44. The molecule has 2 aromatic carbocycles. The maximum Gasteiger partial charge on any atom is 0.410 e. The maximum absolute atomic E-state index is 13.3. The standard InChI is InChI=1S/C20H21FN2O2.C6H6/c1-3-4-19-9-10-23(20(24)25-19)14(2)15-5-7-16(8-6-15)17-11-18(21)13-22-12-17;1-2-4-6-5-3-1/h3,5-8,11-14,19H,1,4,9-10H2,2H3;1-6H. The van der Waals surface area contributed by atoms with Gasteiger partial charge in [0.05, 0.1) is 12.2 Å². The van der Waals surface area contributed by atoms with Crippen LogP contribution < -0.4 is 0 Å². The summed E-state index contributed by atoms with van der Waals surface area (Å²) >= 11 is 0. The number of amides is 1. The van der Waals surface area contributed by atoms with Crippen LogP contribution in [0.2, 0.25) is 0 Å². The van der Waals surface area contributed by atoms with Crippen LogP contribution in [0.25, 0.3) is 11.1 Å². The lowest BCUT2D eigenvalue weighted by molar-refractivity contribution is 0.0146. The molecule has 1 aliphatic rings. The van der Waals surface area contributed by atoms with Gasteiger partial charge in [-0.2, -0.15) is 0 Å². The van der Waals surface area contributed by atoms with Crippen LogP contribution in [0.4, 0.5) is 9.18 Å². The lowest BCUT2D eigenvalue weighted by Gasteiger charge is -2.35. The Bertz CT molecular complexity index is 950. The van der Waals surface area contributed by atoms with Gasteiger partial charge < -0.3 is 9.64 Å². The van der Waals surface area contributed by atoms with Gasteiger partial charge in [0.15, 0.2) is 0 Å². The van der Waals surface area contributed by atoms with E-state index in [1.165, 1.54) is 12.3 Å². The van der Waals surface area contributed by atoms with Gasteiger partial charge in [-0.1, -0.05) is 66.7 Å². The monoisotopic (exact) mass is 418 g/mol. The molecule has 5 heteroatoms. The molecule has 160 valence electrons. The topological polar surface area (TPSA) is 42.4 Å². The average Bonchev–Trinajstić information content (AvgIpc) is 2.81. The molecule has 1 saturated heterocycles. The molecule has 1 fully saturated rings. The summed E-state index contributed by atoms with van der Waals surface area (Å²) in [6, 6.07) is 21.1. The van der Waals surface area contributed by atoms with Crippen molar-refractivity contribution in [2.24, 2.45) is 0 Å². The molecule has 2 heterocycles. The highest BCUT2D eigenvalue weighted by Crippen LogP contribution is 2.28. The van der Waals surface area contributed by atoms with Gasteiger partial charge >= 0.3 is 6.09 Å². The summed E-state index contributed by atoms with van der Waals surface area (Å²) in [6.45, 7) is 6.33. The van der Waals surface area contributed by atoms with E-state index in [-0.39, 0.29) is 24.1 Å². The predicted molar refractivity (Wildman–Crippen MR) is 121 cm³/mol. The van der Waals surface area contributed by atoms with Gasteiger partial charge in [0.2, 0.25) is 0 Å². The second-order valence-corrected chi connectivity index (χ2v) is 7.36. The third-order valence-electron chi connectivity index (χ3n) is 5.19. The number of carbonyl (C=O) groups is 1. The van der Waals surface area contributed by atoms with E-state index >= 15 is 0 Å². The molecule has 0 radical (unpaired) electrons. The number of hydrogen-bond acceptors (Lipinski definition) is 3. The summed E-state index contributed by atoms with van der Waals surface area (Å²) < 4.78 is 18.8. The number of rotatable bonds is 5. The summed E-state index contributed by atoms with van der Waals surface area (Å²) in [5.41, 5.74) is 2.62. The fourth-order valence-corrected chi connectivity index (χ4v) is 3.44. The molecule has 0 N–H and O–H groups in total. The first-order chi connectivity index (χ1) is 15.1. The smallest absolute Gasteiger partial charge is 0.410 e. The molecule has 0 saturated carbocycles. The van der Waals surface area contributed by atoms with Crippen molar-refractivity contribution in [3.8, 4) is 11.1 Å². The molecule has 4 nitrogen and oxygen atoms in total. The van der Waals surface area contributed by atoms with E-state index in [9.17, 15) is 9.18 Å². The first-order valence-corrected chi connectivity index (χ1v) is 10.4. The molecule has 0 spiro atoms. The van der Waals surface area contributed by atoms with E-state index in [0.717, 1.165) is 23.1 Å². The SMILES string of the molecule is C=CCC1CCN(C(C)c2ccc(-c3cncc(F)c3)cc2)C(=O)O1.c1ccccc1. The van der Waals surface area contributed by atoms with E-state index in [2.05, 4.69) is 11.6 Å². The highest BCUT2D eigenvalue weighted by Gasteiger charge is 2.30. The van der Waals surface area contributed by atoms with Crippen molar-refractivity contribution < 1.29 is 13.9 Å². The molecule has 31 heavy (non-hydrogen) atoms. The van der Waals surface area contributed by atoms with E-state index in [1.54, 1.807) is 17.2 Å². The normalized spacial score (nSPS) is 16.5. The van der Waals surface area contributed by atoms with Crippen LogP contribution in [-0.4, -0.2) is 28.6 Å². The van der Waals surface area contributed by atoms with Crippen LogP contribution in [-0.2, 0) is 4.74 Å². The molecule has 0 bridgehead atoms. The van der Waals surface area contributed by atoms with Crippen LogP contribution in [0.1, 0.15) is 31.4 Å². The Balaban J connectivity index is 0.000000391. The minimum absolute atomic E-state index is 0.0729. The summed E-state index contributed by atoms with van der Waals surface area (Å²) in [5.74, 6) is -0.361. The van der Waals surface area contributed by atoms with E-state index in [0.29, 0.717) is 13.0 Å². The summed E-state index contributed by atoms with van der Waals surface area (Å²) in [7, 11) is 0.